The molecule has 2 rings (SSSR count). The van der Waals surface area contributed by atoms with E-state index in [1.54, 1.807) is 0 Å². The van der Waals surface area contributed by atoms with Crippen molar-refractivity contribution in [2.45, 2.75) is 64.8 Å². The van der Waals surface area contributed by atoms with Gasteiger partial charge in [0.15, 0.2) is 5.96 Å². The van der Waals surface area contributed by atoms with Crippen LogP contribution in [0.15, 0.2) is 29.3 Å². The number of guanidine groups is 1. The van der Waals surface area contributed by atoms with Crippen LogP contribution < -0.4 is 10.6 Å². The highest BCUT2D eigenvalue weighted by Gasteiger charge is 2.15. The molecule has 1 aliphatic rings. The minimum Gasteiger partial charge on any atom is -0.374 e. The molecular weight excluding hydrogens is 274 g/mol. The summed E-state index contributed by atoms with van der Waals surface area (Å²) in [6.45, 7) is 5.58. The van der Waals surface area contributed by atoms with Crippen LogP contribution in [0.2, 0.25) is 0 Å². The van der Waals surface area contributed by atoms with E-state index in [-0.39, 0.29) is 6.10 Å². The van der Waals surface area contributed by atoms with E-state index in [9.17, 15) is 0 Å². The van der Waals surface area contributed by atoms with Gasteiger partial charge >= 0.3 is 0 Å². The van der Waals surface area contributed by atoms with Crippen molar-refractivity contribution in [1.29, 1.82) is 0 Å². The number of nitrogens with one attached hydrogen (secondary N) is 2. The van der Waals surface area contributed by atoms with Crippen LogP contribution in [0, 0.1) is 0 Å². The van der Waals surface area contributed by atoms with E-state index in [4.69, 9.17) is 4.74 Å². The molecule has 0 heterocycles. The Morgan fingerprint density at radius 1 is 1.18 bits per heavy atom. The maximum Gasteiger partial charge on any atom is 0.191 e. The zero-order valence-electron chi connectivity index (χ0n) is 14.1. The average Bonchev–Trinajstić information content (AvgIpc) is 3.03. The van der Waals surface area contributed by atoms with Gasteiger partial charge in [-0.2, -0.15) is 0 Å². The molecule has 4 heteroatoms. The van der Waals surface area contributed by atoms with Gasteiger partial charge in [0.05, 0.1) is 12.7 Å². The molecule has 1 saturated carbocycles. The fourth-order valence-electron chi connectivity index (χ4n) is 2.66. The van der Waals surface area contributed by atoms with Gasteiger partial charge in [-0.1, -0.05) is 37.1 Å². The molecule has 22 heavy (non-hydrogen) atoms. The van der Waals surface area contributed by atoms with Crippen LogP contribution in [0.1, 0.15) is 50.7 Å². The maximum atomic E-state index is 5.61. The van der Waals surface area contributed by atoms with E-state index >= 15 is 0 Å². The molecule has 0 unspecified atom stereocenters. The number of hydrogen-bond donors (Lipinski definition) is 2. The van der Waals surface area contributed by atoms with Crippen LogP contribution in [-0.2, 0) is 17.9 Å². The lowest BCUT2D eigenvalue weighted by atomic mass is 10.1. The van der Waals surface area contributed by atoms with E-state index < -0.39 is 0 Å². The first-order valence-corrected chi connectivity index (χ1v) is 8.34. The molecule has 0 spiro atoms. The monoisotopic (exact) mass is 303 g/mol. The van der Waals surface area contributed by atoms with Crippen molar-refractivity contribution in [3.8, 4) is 0 Å². The van der Waals surface area contributed by atoms with E-state index in [2.05, 4.69) is 53.7 Å². The molecule has 0 saturated heterocycles. The highest BCUT2D eigenvalue weighted by Crippen LogP contribution is 2.17. The molecule has 2 N–H and O–H groups in total. The van der Waals surface area contributed by atoms with Crippen LogP contribution >= 0.6 is 0 Å². The summed E-state index contributed by atoms with van der Waals surface area (Å²) in [6, 6.07) is 9.14. The lowest BCUT2D eigenvalue weighted by Gasteiger charge is -2.17. The third-order valence-electron chi connectivity index (χ3n) is 3.99. The Morgan fingerprint density at radius 3 is 2.41 bits per heavy atom. The van der Waals surface area contributed by atoms with Gasteiger partial charge in [0.25, 0.3) is 0 Å². The Hall–Kier alpha value is -1.55. The SMILES string of the molecule is CN=C(NCc1ccc(COC(C)C)cc1)NC1CCCC1. The molecule has 1 aliphatic carbocycles. The summed E-state index contributed by atoms with van der Waals surface area (Å²) in [4.78, 5) is 4.31. The smallest absolute Gasteiger partial charge is 0.191 e. The van der Waals surface area contributed by atoms with Crippen LogP contribution in [-0.4, -0.2) is 25.2 Å². The molecule has 1 aromatic rings. The lowest BCUT2D eigenvalue weighted by Crippen LogP contribution is -2.41. The Balaban J connectivity index is 1.77. The van der Waals surface area contributed by atoms with Crippen molar-refractivity contribution in [3.63, 3.8) is 0 Å². The maximum absolute atomic E-state index is 5.61. The van der Waals surface area contributed by atoms with Crippen LogP contribution in [0.25, 0.3) is 0 Å². The normalized spacial score (nSPS) is 16.3. The molecule has 0 aromatic heterocycles. The molecule has 0 amide bonds. The van der Waals surface area contributed by atoms with Crippen molar-refractivity contribution in [2.24, 2.45) is 4.99 Å². The quantitative estimate of drug-likeness (QED) is 0.626. The first-order valence-electron chi connectivity index (χ1n) is 8.34. The van der Waals surface area contributed by atoms with Gasteiger partial charge < -0.3 is 15.4 Å². The molecule has 122 valence electrons. The lowest BCUT2D eigenvalue weighted by molar-refractivity contribution is 0.0657. The van der Waals surface area contributed by atoms with E-state index in [1.807, 2.05) is 7.05 Å². The number of nitrogens with zero attached hydrogens (tertiary/aromatic N) is 1. The second-order valence-electron chi connectivity index (χ2n) is 6.23. The molecular formula is C18H29N3O. The summed E-state index contributed by atoms with van der Waals surface area (Å²) in [7, 11) is 1.83. The number of aliphatic imine (C=N–C) groups is 1. The highest BCUT2D eigenvalue weighted by molar-refractivity contribution is 5.79. The number of rotatable bonds is 6. The first-order chi connectivity index (χ1) is 10.7. The summed E-state index contributed by atoms with van der Waals surface area (Å²) < 4.78 is 5.61. The van der Waals surface area contributed by atoms with Gasteiger partial charge in [0.2, 0.25) is 0 Å². The van der Waals surface area contributed by atoms with Crippen LogP contribution in [0.4, 0.5) is 0 Å². The second-order valence-corrected chi connectivity index (χ2v) is 6.23. The molecule has 0 aliphatic heterocycles. The third kappa shape index (κ3) is 5.68. The van der Waals surface area contributed by atoms with Gasteiger partial charge in [-0.15, -0.1) is 0 Å². The molecule has 0 radical (unpaired) electrons. The molecule has 0 bridgehead atoms. The summed E-state index contributed by atoms with van der Waals surface area (Å²) >= 11 is 0. The van der Waals surface area contributed by atoms with E-state index in [0.717, 1.165) is 12.5 Å². The molecule has 1 aromatic carbocycles. The summed E-state index contributed by atoms with van der Waals surface area (Å²) in [5.41, 5.74) is 2.47. The number of ether oxygens (including phenoxy) is 1. The minimum absolute atomic E-state index is 0.270. The third-order valence-corrected chi connectivity index (χ3v) is 3.99. The van der Waals surface area contributed by atoms with Crippen molar-refractivity contribution >= 4 is 5.96 Å². The van der Waals surface area contributed by atoms with Crippen molar-refractivity contribution in [1.82, 2.24) is 10.6 Å². The van der Waals surface area contributed by atoms with Crippen molar-refractivity contribution < 1.29 is 4.74 Å². The second kappa shape index (κ2) is 8.79. The first kappa shape index (κ1) is 16.8. The van der Waals surface area contributed by atoms with Gasteiger partial charge in [-0.05, 0) is 37.8 Å². The Labute approximate surface area is 134 Å². The van der Waals surface area contributed by atoms with Gasteiger partial charge in [0.1, 0.15) is 0 Å². The Kier molecular flexibility index (Phi) is 6.72. The van der Waals surface area contributed by atoms with Crippen LogP contribution in [0.5, 0.6) is 0 Å². The van der Waals surface area contributed by atoms with E-state index in [0.29, 0.717) is 12.6 Å². The number of hydrogen-bond acceptors (Lipinski definition) is 2. The molecule has 0 atom stereocenters. The molecule has 1 fully saturated rings. The predicted octanol–water partition coefficient (Wildman–Crippen LogP) is 3.22. The van der Waals surface area contributed by atoms with Crippen molar-refractivity contribution in [3.05, 3.63) is 35.4 Å². The predicted molar refractivity (Wildman–Crippen MR) is 92.0 cm³/mol. The largest absolute Gasteiger partial charge is 0.374 e. The van der Waals surface area contributed by atoms with Crippen molar-refractivity contribution in [2.75, 3.05) is 7.05 Å². The van der Waals surface area contributed by atoms with Crippen LogP contribution in [0.3, 0.4) is 0 Å². The Morgan fingerprint density at radius 2 is 1.82 bits per heavy atom. The standard InChI is InChI=1S/C18H29N3O/c1-14(2)22-13-16-10-8-15(9-11-16)12-20-18(19-3)21-17-6-4-5-7-17/h8-11,14,17H,4-7,12-13H2,1-3H3,(H2,19,20,21). The topological polar surface area (TPSA) is 45.7 Å². The van der Waals surface area contributed by atoms with Gasteiger partial charge in [-0.25, -0.2) is 0 Å². The minimum atomic E-state index is 0.270. The fraction of sp³-hybridized carbons (Fsp3) is 0.611. The van der Waals surface area contributed by atoms with Gasteiger partial charge in [0, 0.05) is 19.6 Å². The van der Waals surface area contributed by atoms with Gasteiger partial charge in [-0.3, -0.25) is 4.99 Å². The summed E-state index contributed by atoms with van der Waals surface area (Å²) in [5, 5.41) is 6.89. The van der Waals surface area contributed by atoms with E-state index in [1.165, 1.54) is 36.8 Å². The highest BCUT2D eigenvalue weighted by atomic mass is 16.5. The Bertz CT molecular complexity index is 462. The molecule has 4 nitrogen and oxygen atoms in total. The zero-order chi connectivity index (χ0) is 15.8. The fourth-order valence-corrected chi connectivity index (χ4v) is 2.66. The summed E-state index contributed by atoms with van der Waals surface area (Å²) in [5.74, 6) is 0.902. The zero-order valence-corrected chi connectivity index (χ0v) is 14.1. The average molecular weight is 303 g/mol. The number of benzene rings is 1. The summed E-state index contributed by atoms with van der Waals surface area (Å²) in [6.07, 6.45) is 5.44.